The van der Waals surface area contributed by atoms with Gasteiger partial charge in [0.05, 0.1) is 33.0 Å². The minimum atomic E-state index is -4.66. The number of hydrogen-bond donors (Lipinski definition) is 0. The van der Waals surface area contributed by atoms with Gasteiger partial charge in [-0.15, -0.1) is 0 Å². The molecule has 11 heteroatoms. The third-order valence-corrected chi connectivity index (χ3v) is 16.0. The molecule has 0 saturated heterocycles. The number of sulfonamides is 2. The number of nitrogens with zero attached hydrogens (tertiary/aromatic N) is 1. The minimum Gasteiger partial charge on any atom is -0.299 e. The smallest absolute Gasteiger partial charge is 0.249 e. The van der Waals surface area contributed by atoms with Crippen LogP contribution in [-0.2, 0) is 29.6 Å². The topological polar surface area (TPSA) is 123 Å². The Morgan fingerprint density at radius 2 is 1.31 bits per heavy atom. The molecule has 4 fully saturated rings. The lowest BCUT2D eigenvalue weighted by molar-refractivity contribution is -0.128. The number of ketones is 3. The largest absolute Gasteiger partial charge is 0.299 e. The van der Waals surface area contributed by atoms with Crippen molar-refractivity contribution < 1.29 is 31.2 Å². The molecular weight excluding hydrogens is 562 g/mol. The molecule has 0 spiro atoms. The summed E-state index contributed by atoms with van der Waals surface area (Å²) >= 11 is 6.32. The van der Waals surface area contributed by atoms with Gasteiger partial charge >= 0.3 is 0 Å². The van der Waals surface area contributed by atoms with E-state index >= 15 is 0 Å². The number of anilines is 1. The molecule has 1 aromatic carbocycles. The molecule has 214 valence electrons. The summed E-state index contributed by atoms with van der Waals surface area (Å²) in [6.07, 6.45) is 2.71. The molecule has 4 aliphatic rings. The summed E-state index contributed by atoms with van der Waals surface area (Å²) in [6, 6.07) is 3.73. The Kier molecular flexibility index (Phi) is 6.35. The maximum Gasteiger partial charge on any atom is 0.249 e. The van der Waals surface area contributed by atoms with Gasteiger partial charge in [0, 0.05) is 18.4 Å². The first-order chi connectivity index (χ1) is 17.8. The molecule has 0 aromatic heterocycles. The average molecular weight is 598 g/mol. The zero-order valence-corrected chi connectivity index (χ0v) is 25.4. The Morgan fingerprint density at radius 3 is 1.62 bits per heavy atom. The molecule has 8 nitrogen and oxygen atoms in total. The van der Waals surface area contributed by atoms with Crippen LogP contribution >= 0.6 is 11.6 Å². The van der Waals surface area contributed by atoms with Crippen LogP contribution in [0.1, 0.15) is 83.5 Å². The van der Waals surface area contributed by atoms with Crippen LogP contribution in [-0.4, -0.2) is 45.7 Å². The van der Waals surface area contributed by atoms with E-state index in [0.717, 1.165) is 0 Å². The van der Waals surface area contributed by atoms with E-state index in [1.165, 1.54) is 25.1 Å². The highest BCUT2D eigenvalue weighted by molar-refractivity contribution is 8.10. The molecule has 1 aromatic rings. The number of carbonyl (C=O) groups is 3. The van der Waals surface area contributed by atoms with Crippen LogP contribution in [0.15, 0.2) is 18.2 Å². The van der Waals surface area contributed by atoms with Crippen molar-refractivity contribution in [2.45, 2.75) is 73.1 Å². The third-order valence-electron chi connectivity index (χ3n) is 11.2. The summed E-state index contributed by atoms with van der Waals surface area (Å²) in [5, 5.41) is -0.0804. The summed E-state index contributed by atoms with van der Waals surface area (Å²) in [4.78, 5) is 38.4. The maximum atomic E-state index is 14.3. The van der Waals surface area contributed by atoms with Crippen molar-refractivity contribution in [1.82, 2.24) is 0 Å². The second kappa shape index (κ2) is 8.61. The molecule has 0 N–H and O–H groups in total. The van der Waals surface area contributed by atoms with Crippen LogP contribution < -0.4 is 3.71 Å². The predicted molar refractivity (Wildman–Crippen MR) is 149 cm³/mol. The fraction of sp³-hybridized carbons (Fsp3) is 0.679. The van der Waals surface area contributed by atoms with Gasteiger partial charge in [-0.1, -0.05) is 39.3 Å². The number of carbonyl (C=O) groups excluding carboxylic acids is 3. The van der Waals surface area contributed by atoms with Gasteiger partial charge in [0.2, 0.25) is 20.0 Å². The van der Waals surface area contributed by atoms with E-state index in [9.17, 15) is 31.2 Å². The SMILES string of the molecule is CC(=O)c1ccc(N(S(=O)(=O)CC23CCC(CC2=O)C3(C)C)S(=O)(=O)CC23CCC(CC2=O)C3(C)C)cc1Cl. The van der Waals surface area contributed by atoms with Crippen LogP contribution in [0.2, 0.25) is 5.02 Å². The van der Waals surface area contributed by atoms with Gasteiger partial charge in [-0.3, -0.25) is 14.4 Å². The molecule has 4 aliphatic carbocycles. The van der Waals surface area contributed by atoms with Gasteiger partial charge in [-0.05, 0) is 73.5 Å². The van der Waals surface area contributed by atoms with Crippen molar-refractivity contribution in [2.24, 2.45) is 33.5 Å². The quantitative estimate of drug-likeness (QED) is 0.394. The number of Topliss-reactive ketones (excluding diaryl/α,β-unsaturated/α-hetero) is 3. The molecule has 4 unspecified atom stereocenters. The molecule has 0 radical (unpaired) electrons. The lowest BCUT2D eigenvalue weighted by Gasteiger charge is -2.40. The fourth-order valence-corrected chi connectivity index (χ4v) is 14.1. The molecule has 5 rings (SSSR count). The van der Waals surface area contributed by atoms with E-state index < -0.39 is 53.2 Å². The number of halogens is 1. The van der Waals surface area contributed by atoms with Gasteiger partial charge in [-0.25, -0.2) is 16.8 Å². The summed E-state index contributed by atoms with van der Waals surface area (Å²) in [5.74, 6) is -1.88. The summed E-state index contributed by atoms with van der Waals surface area (Å²) < 4.78 is 57.6. The van der Waals surface area contributed by atoms with Crippen LogP contribution in [0.4, 0.5) is 5.69 Å². The number of rotatable bonds is 8. The van der Waals surface area contributed by atoms with Crippen LogP contribution in [0.25, 0.3) is 0 Å². The van der Waals surface area contributed by atoms with E-state index in [2.05, 4.69) is 0 Å². The molecular formula is C28H36ClNO7S2. The van der Waals surface area contributed by atoms with Crippen molar-refractivity contribution in [3.05, 3.63) is 28.8 Å². The highest BCUT2D eigenvalue weighted by Gasteiger charge is 2.68. The second-order valence-electron chi connectivity index (χ2n) is 13.3. The first-order valence-corrected chi connectivity index (χ1v) is 17.1. The molecule has 4 atom stereocenters. The highest BCUT2D eigenvalue weighted by atomic mass is 35.5. The van der Waals surface area contributed by atoms with Crippen molar-refractivity contribution in [1.29, 1.82) is 0 Å². The van der Waals surface area contributed by atoms with Gasteiger partial charge < -0.3 is 0 Å². The summed E-state index contributed by atoms with van der Waals surface area (Å²) in [7, 11) is -9.32. The number of fused-ring (bicyclic) bond motifs is 4. The van der Waals surface area contributed by atoms with E-state index in [0.29, 0.717) is 29.4 Å². The molecule has 0 amide bonds. The lowest BCUT2D eigenvalue weighted by Crippen LogP contribution is -2.52. The summed E-state index contributed by atoms with van der Waals surface area (Å²) in [5.41, 5.74) is -3.72. The highest BCUT2D eigenvalue weighted by Crippen LogP contribution is 2.66. The number of benzene rings is 1. The van der Waals surface area contributed by atoms with Crippen molar-refractivity contribution in [2.75, 3.05) is 15.2 Å². The standard InChI is InChI=1S/C28H36ClNO7S2/c1-17(31)21-7-6-20(14-22(21)29)30(38(34,35)15-27-10-8-18(12-23(27)32)25(27,2)3)39(36,37)16-28-11-9-19(13-24(28)33)26(28,4)5/h6-7,14,18-19H,8-13,15-16H2,1-5H3. The predicted octanol–water partition coefficient (Wildman–Crippen LogP) is 4.80. The Labute approximate surface area is 236 Å². The zero-order chi connectivity index (χ0) is 29.0. The summed E-state index contributed by atoms with van der Waals surface area (Å²) in [6.45, 7) is 8.86. The Balaban J connectivity index is 1.64. The first kappa shape index (κ1) is 28.7. The van der Waals surface area contributed by atoms with Crippen LogP contribution in [0.5, 0.6) is 0 Å². The average Bonchev–Trinajstić information content (AvgIpc) is 3.31. The normalized spacial score (nSPS) is 32.7. The maximum absolute atomic E-state index is 14.3. The Bertz CT molecular complexity index is 1430. The first-order valence-electron chi connectivity index (χ1n) is 13.5. The van der Waals surface area contributed by atoms with Crippen molar-refractivity contribution in [3.8, 4) is 0 Å². The molecule has 4 bridgehead atoms. The Morgan fingerprint density at radius 1 is 0.872 bits per heavy atom. The van der Waals surface area contributed by atoms with Crippen molar-refractivity contribution in [3.63, 3.8) is 0 Å². The van der Waals surface area contributed by atoms with Gasteiger partial charge in [0.25, 0.3) is 0 Å². The Hall–Kier alpha value is -1.78. The van der Waals surface area contributed by atoms with E-state index in [1.807, 2.05) is 27.7 Å². The monoisotopic (exact) mass is 597 g/mol. The molecule has 0 aliphatic heterocycles. The van der Waals surface area contributed by atoms with Gasteiger partial charge in [0.15, 0.2) is 5.78 Å². The van der Waals surface area contributed by atoms with E-state index in [4.69, 9.17) is 11.6 Å². The molecule has 39 heavy (non-hydrogen) atoms. The minimum absolute atomic E-state index is 0.0424. The second-order valence-corrected chi connectivity index (χ2v) is 17.5. The molecule has 4 saturated carbocycles. The van der Waals surface area contributed by atoms with Gasteiger partial charge in [0.1, 0.15) is 11.6 Å². The van der Waals surface area contributed by atoms with Gasteiger partial charge in [-0.2, -0.15) is 3.71 Å². The van der Waals surface area contributed by atoms with Crippen LogP contribution in [0, 0.1) is 33.5 Å². The number of hydrogen-bond acceptors (Lipinski definition) is 7. The van der Waals surface area contributed by atoms with Crippen LogP contribution in [0.3, 0.4) is 0 Å². The van der Waals surface area contributed by atoms with Crippen molar-refractivity contribution >= 4 is 54.7 Å². The fourth-order valence-electron chi connectivity index (χ4n) is 8.35. The molecule has 0 heterocycles. The zero-order valence-electron chi connectivity index (χ0n) is 23.0. The van der Waals surface area contributed by atoms with E-state index in [1.54, 1.807) is 0 Å². The van der Waals surface area contributed by atoms with E-state index in [-0.39, 0.29) is 58.3 Å². The lowest BCUT2D eigenvalue weighted by atomic mass is 9.70. The third kappa shape index (κ3) is 3.83.